The van der Waals surface area contributed by atoms with Crippen LogP contribution in [0.25, 0.3) is 27.5 Å². The lowest BCUT2D eigenvalue weighted by atomic mass is 9.69. The highest BCUT2D eigenvalue weighted by Crippen LogP contribution is 2.49. The van der Waals surface area contributed by atoms with Crippen molar-refractivity contribution in [3.63, 3.8) is 0 Å². The summed E-state index contributed by atoms with van der Waals surface area (Å²) in [6.07, 6.45) is 6.17. The van der Waals surface area contributed by atoms with E-state index in [4.69, 9.17) is 4.74 Å². The van der Waals surface area contributed by atoms with Gasteiger partial charge in [0.05, 0.1) is 22.6 Å². The van der Waals surface area contributed by atoms with Crippen LogP contribution in [0.3, 0.4) is 0 Å². The smallest absolute Gasteiger partial charge is 0.309 e. The van der Waals surface area contributed by atoms with E-state index in [1.807, 2.05) is 6.92 Å². The molecule has 2 aromatic carbocycles. The van der Waals surface area contributed by atoms with E-state index in [-0.39, 0.29) is 11.8 Å². The molecule has 8 heteroatoms. The van der Waals surface area contributed by atoms with Gasteiger partial charge in [-0.15, -0.1) is 0 Å². The largest absolute Gasteiger partial charge is 0.481 e. The number of aromatic nitrogens is 3. The Morgan fingerprint density at radius 3 is 2.53 bits per heavy atom. The standard InChI is InChI=1S/C28H29F2N3O3/c1-28(27(34)35)8-4-16(5-9-28)25-20-14-23-18(15-31-32-23)12-24(20)33(19-2-3-21(29)22(30)13-19)26(25)17-6-10-36-11-7-17/h2-3,12-17H,4-11H2,1H3,(H,31,32)(H,34,35)/t16-,28-. The maximum absolute atomic E-state index is 14.5. The predicted octanol–water partition coefficient (Wildman–Crippen LogP) is 6.43. The zero-order chi connectivity index (χ0) is 25.0. The van der Waals surface area contributed by atoms with E-state index in [0.717, 1.165) is 53.2 Å². The number of rotatable bonds is 4. The number of benzene rings is 2. The Morgan fingerprint density at radius 2 is 1.83 bits per heavy atom. The van der Waals surface area contributed by atoms with Gasteiger partial charge < -0.3 is 14.4 Å². The minimum absolute atomic E-state index is 0.171. The van der Waals surface area contributed by atoms with Crippen LogP contribution in [0.2, 0.25) is 0 Å². The van der Waals surface area contributed by atoms with E-state index in [0.29, 0.717) is 31.7 Å². The third-order valence-corrected chi connectivity index (χ3v) is 8.39. The van der Waals surface area contributed by atoms with E-state index in [1.54, 1.807) is 12.3 Å². The fraction of sp³-hybridized carbons (Fsp3) is 0.429. The minimum Gasteiger partial charge on any atom is -0.481 e. The van der Waals surface area contributed by atoms with Crippen molar-refractivity contribution in [2.75, 3.05) is 13.2 Å². The molecule has 1 saturated heterocycles. The third kappa shape index (κ3) is 3.70. The molecule has 1 aliphatic carbocycles. The minimum atomic E-state index is -0.881. The van der Waals surface area contributed by atoms with Crippen LogP contribution < -0.4 is 0 Å². The van der Waals surface area contributed by atoms with Gasteiger partial charge in [0.1, 0.15) is 0 Å². The number of carboxylic acids is 1. The third-order valence-electron chi connectivity index (χ3n) is 8.39. The molecule has 0 radical (unpaired) electrons. The molecule has 0 amide bonds. The number of hydrogen-bond donors (Lipinski definition) is 2. The maximum Gasteiger partial charge on any atom is 0.309 e. The summed E-state index contributed by atoms with van der Waals surface area (Å²) >= 11 is 0. The number of H-pyrrole nitrogens is 1. The lowest BCUT2D eigenvalue weighted by molar-refractivity contribution is -0.149. The van der Waals surface area contributed by atoms with Gasteiger partial charge in [0, 0.05) is 47.4 Å². The number of hydrogen-bond acceptors (Lipinski definition) is 3. The van der Waals surface area contributed by atoms with Crippen molar-refractivity contribution in [2.45, 2.75) is 57.3 Å². The summed E-state index contributed by atoms with van der Waals surface area (Å²) in [6.45, 7) is 3.13. The molecule has 2 N–H and O–H groups in total. The van der Waals surface area contributed by atoms with Gasteiger partial charge in [-0.2, -0.15) is 5.10 Å². The first-order valence-electron chi connectivity index (χ1n) is 12.6. The summed E-state index contributed by atoms with van der Waals surface area (Å²) in [4.78, 5) is 11.9. The molecule has 6 nitrogen and oxygen atoms in total. The van der Waals surface area contributed by atoms with Crippen molar-refractivity contribution in [1.82, 2.24) is 14.8 Å². The summed E-state index contributed by atoms with van der Waals surface area (Å²) in [5, 5.41) is 19.1. The quantitative estimate of drug-likeness (QED) is 0.343. The second-order valence-corrected chi connectivity index (χ2v) is 10.6. The first-order valence-corrected chi connectivity index (χ1v) is 12.6. The SMILES string of the molecule is C[C@]1(C(=O)O)CC[C@H](c2c(C3CCOCC3)n(-c3ccc(F)c(F)c3)c3cc4cn[nH]c4cc32)CC1. The normalized spacial score (nSPS) is 23.5. The van der Waals surface area contributed by atoms with Crippen molar-refractivity contribution in [3.05, 3.63) is 59.4 Å². The number of nitrogens with one attached hydrogen (secondary N) is 1. The molecule has 0 atom stereocenters. The van der Waals surface area contributed by atoms with Crippen molar-refractivity contribution in [3.8, 4) is 5.69 Å². The number of carbonyl (C=O) groups is 1. The predicted molar refractivity (Wildman–Crippen MR) is 133 cm³/mol. The molecule has 1 aliphatic heterocycles. The van der Waals surface area contributed by atoms with Crippen LogP contribution in [-0.2, 0) is 9.53 Å². The number of fused-ring (bicyclic) bond motifs is 2. The highest BCUT2D eigenvalue weighted by molar-refractivity contribution is 5.99. The zero-order valence-electron chi connectivity index (χ0n) is 20.2. The van der Waals surface area contributed by atoms with E-state index in [2.05, 4.69) is 26.9 Å². The van der Waals surface area contributed by atoms with Gasteiger partial charge in [0.2, 0.25) is 0 Å². The molecule has 3 heterocycles. The van der Waals surface area contributed by atoms with Gasteiger partial charge in [-0.25, -0.2) is 8.78 Å². The fourth-order valence-corrected chi connectivity index (χ4v) is 6.23. The Balaban J connectivity index is 1.61. The number of carboxylic acid groups (broad SMARTS) is 1. The molecule has 188 valence electrons. The topological polar surface area (TPSA) is 80.1 Å². The molecule has 2 aromatic heterocycles. The van der Waals surface area contributed by atoms with Crippen LogP contribution in [0.1, 0.15) is 68.5 Å². The van der Waals surface area contributed by atoms with Crippen LogP contribution in [-0.4, -0.2) is 39.1 Å². The van der Waals surface area contributed by atoms with Gasteiger partial charge in [-0.3, -0.25) is 9.89 Å². The van der Waals surface area contributed by atoms with Gasteiger partial charge in [0.15, 0.2) is 11.6 Å². The summed E-state index contributed by atoms with van der Waals surface area (Å²) < 4.78 is 36.2. The summed E-state index contributed by atoms with van der Waals surface area (Å²) in [7, 11) is 0. The Hall–Kier alpha value is -3.26. The van der Waals surface area contributed by atoms with Crippen molar-refractivity contribution in [1.29, 1.82) is 0 Å². The average Bonchev–Trinajstić information content (AvgIpc) is 3.47. The summed E-state index contributed by atoms with van der Waals surface area (Å²) in [5.41, 5.74) is 4.02. The zero-order valence-corrected chi connectivity index (χ0v) is 20.2. The number of nitrogens with zero attached hydrogens (tertiary/aromatic N) is 2. The molecule has 6 rings (SSSR count). The summed E-state index contributed by atoms with van der Waals surface area (Å²) in [6, 6.07) is 8.25. The Morgan fingerprint density at radius 1 is 1.08 bits per heavy atom. The van der Waals surface area contributed by atoms with Gasteiger partial charge in [-0.05, 0) is 81.2 Å². The van der Waals surface area contributed by atoms with E-state index in [1.165, 1.54) is 17.7 Å². The average molecular weight is 494 g/mol. The highest BCUT2D eigenvalue weighted by atomic mass is 19.2. The second kappa shape index (κ2) is 8.69. The number of aliphatic carboxylic acids is 1. The molecule has 1 saturated carbocycles. The van der Waals surface area contributed by atoms with Crippen molar-refractivity contribution < 1.29 is 23.4 Å². The van der Waals surface area contributed by atoms with Crippen LogP contribution in [0.5, 0.6) is 0 Å². The lowest BCUT2D eigenvalue weighted by Crippen LogP contribution is -2.32. The van der Waals surface area contributed by atoms with E-state index in [9.17, 15) is 18.7 Å². The molecule has 4 aromatic rings. The Bertz CT molecular complexity index is 1460. The van der Waals surface area contributed by atoms with E-state index >= 15 is 0 Å². The monoisotopic (exact) mass is 493 g/mol. The number of aromatic amines is 1. The molecule has 0 spiro atoms. The van der Waals surface area contributed by atoms with Gasteiger partial charge in [-0.1, -0.05) is 0 Å². The fourth-order valence-electron chi connectivity index (χ4n) is 6.23. The molecular formula is C28H29F2N3O3. The van der Waals surface area contributed by atoms with Crippen LogP contribution in [0.15, 0.2) is 36.5 Å². The first-order chi connectivity index (χ1) is 17.4. The highest BCUT2D eigenvalue weighted by Gasteiger charge is 2.40. The van der Waals surface area contributed by atoms with Crippen LogP contribution in [0.4, 0.5) is 8.78 Å². The second-order valence-electron chi connectivity index (χ2n) is 10.6. The molecule has 36 heavy (non-hydrogen) atoms. The van der Waals surface area contributed by atoms with Crippen LogP contribution in [0, 0.1) is 17.0 Å². The van der Waals surface area contributed by atoms with E-state index < -0.39 is 23.0 Å². The molecule has 2 fully saturated rings. The Labute approximate surface area is 207 Å². The van der Waals surface area contributed by atoms with Crippen molar-refractivity contribution >= 4 is 27.8 Å². The molecular weight excluding hydrogens is 464 g/mol. The number of halogens is 2. The summed E-state index contributed by atoms with van der Waals surface area (Å²) in [5.74, 6) is -2.13. The molecule has 2 aliphatic rings. The molecule has 0 bridgehead atoms. The number of ether oxygens (including phenoxy) is 1. The van der Waals surface area contributed by atoms with Crippen molar-refractivity contribution in [2.24, 2.45) is 5.41 Å². The Kier molecular flexibility index (Phi) is 5.59. The first kappa shape index (κ1) is 23.2. The van der Waals surface area contributed by atoms with Gasteiger partial charge >= 0.3 is 5.97 Å². The molecule has 0 unspecified atom stereocenters. The van der Waals surface area contributed by atoms with Gasteiger partial charge in [0.25, 0.3) is 0 Å². The lowest BCUT2D eigenvalue weighted by Gasteiger charge is -2.35. The van der Waals surface area contributed by atoms with Crippen LogP contribution >= 0.6 is 0 Å². The maximum atomic E-state index is 14.5.